The van der Waals surface area contributed by atoms with Crippen LogP contribution in [0.2, 0.25) is 0 Å². The molecule has 0 N–H and O–H groups in total. The quantitative estimate of drug-likeness (QED) is 0.145. The number of hydrogen-bond acceptors (Lipinski definition) is 5. The molecule has 7 atom stereocenters. The van der Waals surface area contributed by atoms with Crippen molar-refractivity contribution in [2.75, 3.05) is 0 Å². The minimum Gasteiger partial charge on any atom is -0.457 e. The highest BCUT2D eigenvalue weighted by Gasteiger charge is 2.58. The number of carbonyl (C=O) groups is 2. The Bertz CT molecular complexity index is 1010. The lowest BCUT2D eigenvalue weighted by Gasteiger charge is -2.33. The minimum atomic E-state index is -0.573. The van der Waals surface area contributed by atoms with Gasteiger partial charge in [-0.15, -0.1) is 0 Å². The number of carbonyl (C=O) groups excluding carboxylic acids is 2. The number of benzene rings is 2. The Labute approximate surface area is 228 Å². The molecule has 2 fully saturated rings. The fourth-order valence-electron chi connectivity index (χ4n) is 5.93. The molecule has 2 aromatic carbocycles. The van der Waals surface area contributed by atoms with Gasteiger partial charge >= 0.3 is 11.9 Å². The largest absolute Gasteiger partial charge is 0.457 e. The van der Waals surface area contributed by atoms with Gasteiger partial charge in [0.05, 0.1) is 24.0 Å². The molecule has 1 saturated heterocycles. The van der Waals surface area contributed by atoms with Gasteiger partial charge in [0.25, 0.3) is 0 Å². The minimum absolute atomic E-state index is 0.0151. The molecule has 1 aliphatic heterocycles. The van der Waals surface area contributed by atoms with Crippen LogP contribution in [0.3, 0.4) is 0 Å². The highest BCUT2D eigenvalue weighted by molar-refractivity contribution is 5.83. The Morgan fingerprint density at radius 1 is 0.789 bits per heavy atom. The standard InChI is InChI=1S/C33H44O5/c1-4-6-10-20-27(24-16-12-8-13-17-24)37-32(34)26-22-29-31(36-29)23(3)30(26)33(35)38-28(21-11-7-5-2)25-18-14-9-15-19-25/h8-9,12-19,23,26-31H,4-7,10-11,20-22H2,1-3H3. The number of rotatable bonds is 14. The van der Waals surface area contributed by atoms with E-state index in [4.69, 9.17) is 14.2 Å². The molecule has 5 nitrogen and oxygen atoms in total. The molecule has 1 heterocycles. The number of ether oxygens (including phenoxy) is 3. The van der Waals surface area contributed by atoms with Gasteiger partial charge in [0, 0.05) is 0 Å². The van der Waals surface area contributed by atoms with E-state index >= 15 is 0 Å². The van der Waals surface area contributed by atoms with Crippen molar-refractivity contribution in [3.8, 4) is 0 Å². The Morgan fingerprint density at radius 2 is 1.29 bits per heavy atom. The summed E-state index contributed by atoms with van der Waals surface area (Å²) in [5, 5.41) is 0. The topological polar surface area (TPSA) is 65.1 Å². The number of fused-ring (bicyclic) bond motifs is 1. The molecule has 1 aliphatic carbocycles. The van der Waals surface area contributed by atoms with Gasteiger partial charge in [-0.2, -0.15) is 0 Å². The maximum absolute atomic E-state index is 13.8. The van der Waals surface area contributed by atoms with E-state index in [0.29, 0.717) is 6.42 Å². The van der Waals surface area contributed by atoms with Crippen molar-refractivity contribution in [1.29, 1.82) is 0 Å². The first kappa shape index (κ1) is 28.4. The zero-order valence-electron chi connectivity index (χ0n) is 23.2. The van der Waals surface area contributed by atoms with Crippen molar-refractivity contribution >= 4 is 11.9 Å². The Balaban J connectivity index is 1.50. The molecule has 4 rings (SSSR count). The maximum atomic E-state index is 13.8. The van der Waals surface area contributed by atoms with Crippen LogP contribution in [0.15, 0.2) is 60.7 Å². The van der Waals surface area contributed by atoms with Crippen molar-refractivity contribution in [2.24, 2.45) is 17.8 Å². The van der Waals surface area contributed by atoms with Gasteiger partial charge in [0.1, 0.15) is 12.2 Å². The second kappa shape index (κ2) is 13.9. The van der Waals surface area contributed by atoms with E-state index in [0.717, 1.165) is 62.5 Å². The fourth-order valence-corrected chi connectivity index (χ4v) is 5.93. The Hall–Kier alpha value is -2.66. The van der Waals surface area contributed by atoms with Gasteiger partial charge in [-0.25, -0.2) is 0 Å². The van der Waals surface area contributed by atoms with Crippen molar-refractivity contribution in [1.82, 2.24) is 0 Å². The van der Waals surface area contributed by atoms with Crippen LogP contribution in [0.4, 0.5) is 0 Å². The predicted molar refractivity (Wildman–Crippen MR) is 148 cm³/mol. The summed E-state index contributed by atoms with van der Waals surface area (Å²) < 4.78 is 18.3. The normalized spacial score (nSPS) is 25.6. The van der Waals surface area contributed by atoms with Gasteiger partial charge in [-0.05, 0) is 49.1 Å². The van der Waals surface area contributed by atoms with E-state index in [1.807, 2.05) is 67.6 Å². The average molecular weight is 521 g/mol. The first-order valence-electron chi connectivity index (χ1n) is 14.7. The zero-order valence-corrected chi connectivity index (χ0v) is 23.2. The van der Waals surface area contributed by atoms with Gasteiger partial charge in [0.2, 0.25) is 0 Å². The molecule has 0 radical (unpaired) electrons. The average Bonchev–Trinajstić information content (AvgIpc) is 3.73. The SMILES string of the molecule is CCCCCC(OC(=O)C1CC2OC2C(C)C1C(=O)OC(CCCCC)c1ccccc1)c1ccccc1. The number of unbranched alkanes of at least 4 members (excludes halogenated alkanes) is 4. The first-order valence-corrected chi connectivity index (χ1v) is 14.7. The van der Waals surface area contributed by atoms with Crippen molar-refractivity contribution in [3.63, 3.8) is 0 Å². The van der Waals surface area contributed by atoms with Crippen LogP contribution in [0.1, 0.15) is 102 Å². The zero-order chi connectivity index (χ0) is 26.9. The lowest BCUT2D eigenvalue weighted by atomic mass is 9.72. The molecule has 2 aromatic rings. The molecular weight excluding hydrogens is 476 g/mol. The van der Waals surface area contributed by atoms with Crippen molar-refractivity contribution < 1.29 is 23.8 Å². The van der Waals surface area contributed by atoms with Crippen LogP contribution in [-0.4, -0.2) is 24.1 Å². The summed E-state index contributed by atoms with van der Waals surface area (Å²) in [6.07, 6.45) is 7.82. The third-order valence-corrected chi connectivity index (χ3v) is 8.20. The summed E-state index contributed by atoms with van der Waals surface area (Å²) >= 11 is 0. The van der Waals surface area contributed by atoms with E-state index in [2.05, 4.69) is 13.8 Å². The lowest BCUT2D eigenvalue weighted by Crippen LogP contribution is -2.43. The third-order valence-electron chi connectivity index (χ3n) is 8.20. The van der Waals surface area contributed by atoms with Crippen LogP contribution in [0.5, 0.6) is 0 Å². The fraction of sp³-hybridized carbons (Fsp3) is 0.576. The van der Waals surface area contributed by atoms with Gasteiger partial charge in [0.15, 0.2) is 0 Å². The lowest BCUT2D eigenvalue weighted by molar-refractivity contribution is -0.171. The molecule has 0 spiro atoms. The summed E-state index contributed by atoms with van der Waals surface area (Å²) in [5.74, 6) is -1.84. The van der Waals surface area contributed by atoms with Crippen LogP contribution < -0.4 is 0 Å². The molecule has 0 amide bonds. The van der Waals surface area contributed by atoms with Gasteiger partial charge < -0.3 is 14.2 Å². The predicted octanol–water partition coefficient (Wildman–Crippen LogP) is 7.76. The Morgan fingerprint density at radius 3 is 1.79 bits per heavy atom. The summed E-state index contributed by atoms with van der Waals surface area (Å²) in [4.78, 5) is 27.5. The molecule has 0 aromatic heterocycles. The van der Waals surface area contributed by atoms with Gasteiger partial charge in [-0.1, -0.05) is 107 Å². The molecule has 2 aliphatic rings. The molecule has 7 unspecified atom stereocenters. The monoisotopic (exact) mass is 520 g/mol. The summed E-state index contributed by atoms with van der Waals surface area (Å²) in [6.45, 7) is 6.35. The van der Waals surface area contributed by atoms with E-state index in [1.165, 1.54) is 0 Å². The second-order valence-electron chi connectivity index (χ2n) is 11.0. The van der Waals surface area contributed by atoms with Crippen molar-refractivity contribution in [3.05, 3.63) is 71.8 Å². The maximum Gasteiger partial charge on any atom is 0.310 e. The Kier molecular flexibility index (Phi) is 10.4. The molecule has 38 heavy (non-hydrogen) atoms. The van der Waals surface area contributed by atoms with Crippen LogP contribution >= 0.6 is 0 Å². The molecule has 206 valence electrons. The summed E-state index contributed by atoms with van der Waals surface area (Å²) in [7, 11) is 0. The molecular formula is C33H44O5. The summed E-state index contributed by atoms with van der Waals surface area (Å²) in [6, 6.07) is 19.9. The summed E-state index contributed by atoms with van der Waals surface area (Å²) in [5.41, 5.74) is 2.00. The van der Waals surface area contributed by atoms with E-state index in [9.17, 15) is 9.59 Å². The van der Waals surface area contributed by atoms with Crippen LogP contribution in [-0.2, 0) is 23.8 Å². The number of esters is 2. The smallest absolute Gasteiger partial charge is 0.310 e. The van der Waals surface area contributed by atoms with Crippen LogP contribution in [0, 0.1) is 17.8 Å². The van der Waals surface area contributed by atoms with Crippen molar-refractivity contribution in [2.45, 2.75) is 103 Å². The highest BCUT2D eigenvalue weighted by atomic mass is 16.6. The molecule has 5 heteroatoms. The molecule has 1 saturated carbocycles. The third kappa shape index (κ3) is 7.25. The molecule has 0 bridgehead atoms. The van der Waals surface area contributed by atoms with E-state index in [-0.39, 0.29) is 42.3 Å². The van der Waals surface area contributed by atoms with E-state index < -0.39 is 11.8 Å². The van der Waals surface area contributed by atoms with E-state index in [1.54, 1.807) is 0 Å². The van der Waals surface area contributed by atoms with Crippen LogP contribution in [0.25, 0.3) is 0 Å². The van der Waals surface area contributed by atoms with Gasteiger partial charge in [-0.3, -0.25) is 9.59 Å². The number of epoxide rings is 1. The first-order chi connectivity index (χ1) is 18.5. The second-order valence-corrected chi connectivity index (χ2v) is 11.0. The highest BCUT2D eigenvalue weighted by Crippen LogP contribution is 2.48. The number of hydrogen-bond donors (Lipinski definition) is 0.